The van der Waals surface area contributed by atoms with E-state index in [0.29, 0.717) is 12.8 Å². The van der Waals surface area contributed by atoms with Crippen LogP contribution in [-0.2, 0) is 9.59 Å². The van der Waals surface area contributed by atoms with Gasteiger partial charge in [0.05, 0.1) is 0 Å². The number of rotatable bonds is 33. The van der Waals surface area contributed by atoms with Gasteiger partial charge < -0.3 is 10.6 Å². The molecule has 4 nitrogen and oxygen atoms in total. The minimum atomic E-state index is 0.195. The molecule has 248 valence electrons. The second-order valence-electron chi connectivity index (χ2n) is 12.9. The van der Waals surface area contributed by atoms with Crippen molar-refractivity contribution in [3.63, 3.8) is 0 Å². The van der Waals surface area contributed by atoms with Crippen molar-refractivity contribution in [3.8, 4) is 0 Å². The molecule has 0 aromatic heterocycles. The number of hydrogen-bond acceptors (Lipinski definition) is 2. The Kier molecular flexibility index (Phi) is 33.1. The maximum atomic E-state index is 12.2. The van der Waals surface area contributed by atoms with Crippen LogP contribution in [0.5, 0.6) is 0 Å². The number of nitrogens with one attached hydrogen (secondary N) is 2. The van der Waals surface area contributed by atoms with Crippen LogP contribution in [0.1, 0.15) is 207 Å². The molecule has 0 radical (unpaired) electrons. The third-order valence-electron chi connectivity index (χ3n) is 8.47. The summed E-state index contributed by atoms with van der Waals surface area (Å²) >= 11 is 0. The van der Waals surface area contributed by atoms with Gasteiger partial charge in [-0.3, -0.25) is 9.59 Å². The fraction of sp³-hybridized carbons (Fsp3) is 0.895. The lowest BCUT2D eigenvalue weighted by Gasteiger charge is -2.14. The minimum absolute atomic E-state index is 0.195. The van der Waals surface area contributed by atoms with Gasteiger partial charge in [0.15, 0.2) is 0 Å². The van der Waals surface area contributed by atoms with Crippen molar-refractivity contribution >= 4 is 11.8 Å². The van der Waals surface area contributed by atoms with Crippen LogP contribution in [-0.4, -0.2) is 24.4 Å². The summed E-state index contributed by atoms with van der Waals surface area (Å²) < 4.78 is 0. The number of unbranched alkanes of at least 4 members (excludes halogenated alkanes) is 22. The van der Waals surface area contributed by atoms with Crippen molar-refractivity contribution in [2.24, 2.45) is 0 Å². The van der Waals surface area contributed by atoms with Crippen LogP contribution in [0.2, 0.25) is 0 Å². The van der Waals surface area contributed by atoms with Crippen molar-refractivity contribution in [2.45, 2.75) is 213 Å². The molecule has 0 aliphatic carbocycles. The predicted molar refractivity (Wildman–Crippen MR) is 185 cm³/mol. The lowest BCUT2D eigenvalue weighted by Crippen LogP contribution is -2.32. The first kappa shape index (κ1) is 40.7. The molecular weight excluding hydrogens is 516 g/mol. The van der Waals surface area contributed by atoms with Gasteiger partial charge in [0.25, 0.3) is 0 Å². The van der Waals surface area contributed by atoms with Gasteiger partial charge in [-0.2, -0.15) is 0 Å². The molecule has 0 spiro atoms. The SMILES string of the molecule is CCCCCCCC/C=C\CCCCCCCC(=O)NCCCC[C@@H](C)NC(=O)CCCCCCCCCCCCC. The van der Waals surface area contributed by atoms with Gasteiger partial charge in [-0.15, -0.1) is 0 Å². The summed E-state index contributed by atoms with van der Waals surface area (Å²) in [5.41, 5.74) is 0. The molecule has 42 heavy (non-hydrogen) atoms. The van der Waals surface area contributed by atoms with E-state index in [9.17, 15) is 9.59 Å². The first-order chi connectivity index (χ1) is 20.6. The molecule has 0 unspecified atom stereocenters. The molecule has 0 rings (SSSR count). The third-order valence-corrected chi connectivity index (χ3v) is 8.47. The lowest BCUT2D eigenvalue weighted by atomic mass is 10.0. The van der Waals surface area contributed by atoms with E-state index in [4.69, 9.17) is 0 Å². The average molecular weight is 591 g/mol. The zero-order valence-electron chi connectivity index (χ0n) is 28.8. The largest absolute Gasteiger partial charge is 0.356 e. The van der Waals surface area contributed by atoms with E-state index in [1.54, 1.807) is 0 Å². The normalized spacial score (nSPS) is 12.2. The molecule has 0 aliphatic heterocycles. The van der Waals surface area contributed by atoms with Crippen molar-refractivity contribution in [1.82, 2.24) is 10.6 Å². The molecule has 0 saturated heterocycles. The fourth-order valence-electron chi connectivity index (χ4n) is 5.62. The van der Waals surface area contributed by atoms with E-state index in [0.717, 1.165) is 45.1 Å². The number of amides is 2. The molecule has 2 N–H and O–H groups in total. The van der Waals surface area contributed by atoms with Crippen molar-refractivity contribution in [1.29, 1.82) is 0 Å². The highest BCUT2D eigenvalue weighted by atomic mass is 16.2. The summed E-state index contributed by atoms with van der Waals surface area (Å²) in [4.78, 5) is 24.3. The third kappa shape index (κ3) is 33.2. The minimum Gasteiger partial charge on any atom is -0.356 e. The quantitative estimate of drug-likeness (QED) is 0.0590. The van der Waals surface area contributed by atoms with E-state index >= 15 is 0 Å². The van der Waals surface area contributed by atoms with Crippen LogP contribution in [0.25, 0.3) is 0 Å². The van der Waals surface area contributed by atoms with E-state index < -0.39 is 0 Å². The molecule has 0 aromatic carbocycles. The summed E-state index contributed by atoms with van der Waals surface area (Å²) in [6.07, 6.45) is 40.1. The zero-order chi connectivity index (χ0) is 30.8. The van der Waals surface area contributed by atoms with E-state index in [2.05, 4.69) is 43.6 Å². The van der Waals surface area contributed by atoms with Gasteiger partial charge in [0.1, 0.15) is 0 Å². The molecule has 2 amide bonds. The Morgan fingerprint density at radius 3 is 1.38 bits per heavy atom. The van der Waals surface area contributed by atoms with Crippen LogP contribution in [0.3, 0.4) is 0 Å². The van der Waals surface area contributed by atoms with Crippen LogP contribution in [0.4, 0.5) is 0 Å². The first-order valence-corrected chi connectivity index (χ1v) is 18.8. The summed E-state index contributed by atoms with van der Waals surface area (Å²) in [6.45, 7) is 7.40. The summed E-state index contributed by atoms with van der Waals surface area (Å²) in [7, 11) is 0. The Hall–Kier alpha value is -1.32. The maximum absolute atomic E-state index is 12.2. The predicted octanol–water partition coefficient (Wildman–Crippen LogP) is 11.5. The van der Waals surface area contributed by atoms with Gasteiger partial charge in [-0.25, -0.2) is 0 Å². The molecule has 0 aliphatic rings. The molecule has 0 saturated carbocycles. The monoisotopic (exact) mass is 591 g/mol. The van der Waals surface area contributed by atoms with Gasteiger partial charge >= 0.3 is 0 Å². The first-order valence-electron chi connectivity index (χ1n) is 18.8. The second-order valence-corrected chi connectivity index (χ2v) is 12.9. The number of allylic oxidation sites excluding steroid dienone is 2. The number of hydrogen-bond donors (Lipinski definition) is 2. The van der Waals surface area contributed by atoms with Crippen LogP contribution < -0.4 is 10.6 Å². The fourth-order valence-corrected chi connectivity index (χ4v) is 5.62. The number of carbonyl (C=O) groups excluding carboxylic acids is 2. The van der Waals surface area contributed by atoms with Gasteiger partial charge in [0.2, 0.25) is 11.8 Å². The van der Waals surface area contributed by atoms with Crippen molar-refractivity contribution in [2.75, 3.05) is 6.54 Å². The molecule has 1 atom stereocenters. The molecule has 0 aromatic rings. The number of carbonyl (C=O) groups is 2. The lowest BCUT2D eigenvalue weighted by molar-refractivity contribution is -0.122. The van der Waals surface area contributed by atoms with E-state index in [-0.39, 0.29) is 17.9 Å². The highest BCUT2D eigenvalue weighted by molar-refractivity contribution is 5.76. The van der Waals surface area contributed by atoms with Crippen molar-refractivity contribution in [3.05, 3.63) is 12.2 Å². The van der Waals surface area contributed by atoms with Crippen LogP contribution in [0.15, 0.2) is 12.2 Å². The highest BCUT2D eigenvalue weighted by Gasteiger charge is 2.07. The Labute approximate surface area is 263 Å². The molecular formula is C38H74N2O2. The Bertz CT molecular complexity index is 604. The smallest absolute Gasteiger partial charge is 0.220 e. The van der Waals surface area contributed by atoms with Crippen LogP contribution >= 0.6 is 0 Å². The summed E-state index contributed by atoms with van der Waals surface area (Å²) in [6, 6.07) is 0.219. The van der Waals surface area contributed by atoms with Gasteiger partial charge in [-0.05, 0) is 64.7 Å². The van der Waals surface area contributed by atoms with E-state index in [1.165, 1.54) is 135 Å². The molecule has 0 heterocycles. The Morgan fingerprint density at radius 1 is 0.500 bits per heavy atom. The van der Waals surface area contributed by atoms with Crippen LogP contribution in [0, 0.1) is 0 Å². The molecule has 4 heteroatoms. The Balaban J connectivity index is 3.41. The standard InChI is InChI=1S/C38H74N2O2/c1-4-6-8-10-12-14-16-17-18-19-21-22-24-26-28-33-37(41)39-35-31-30-32-36(3)40-38(42)34-29-27-25-23-20-15-13-11-9-7-5-2/h17-18,36H,4-16,19-35H2,1-3H3,(H,39,41)(H,40,42)/b18-17-/t36-/m1/s1. The average Bonchev–Trinajstić information content (AvgIpc) is 2.97. The Morgan fingerprint density at radius 2 is 0.905 bits per heavy atom. The highest BCUT2D eigenvalue weighted by Crippen LogP contribution is 2.13. The van der Waals surface area contributed by atoms with Gasteiger partial charge in [-0.1, -0.05) is 142 Å². The van der Waals surface area contributed by atoms with E-state index in [1.807, 2.05) is 0 Å². The topological polar surface area (TPSA) is 58.2 Å². The molecule has 0 fully saturated rings. The zero-order valence-corrected chi connectivity index (χ0v) is 28.8. The summed E-state index contributed by atoms with van der Waals surface area (Å²) in [5.74, 6) is 0.396. The van der Waals surface area contributed by atoms with Gasteiger partial charge in [0, 0.05) is 25.4 Å². The second kappa shape index (κ2) is 34.2. The maximum Gasteiger partial charge on any atom is 0.220 e. The summed E-state index contributed by atoms with van der Waals surface area (Å²) in [5, 5.41) is 6.23. The molecule has 0 bridgehead atoms. The van der Waals surface area contributed by atoms with Crippen molar-refractivity contribution < 1.29 is 9.59 Å².